The maximum atomic E-state index is 11.0. The molecule has 1 aliphatic rings. The van der Waals surface area contributed by atoms with Crippen molar-refractivity contribution >= 4 is 11.8 Å². The number of aromatic nitrogens is 2. The molecule has 1 atom stereocenters. The molecule has 16 heavy (non-hydrogen) atoms. The molecular weight excluding hydrogens is 220 g/mol. The molecular formula is C12H20N2OS. The van der Waals surface area contributed by atoms with Crippen molar-refractivity contribution in [3.8, 4) is 0 Å². The van der Waals surface area contributed by atoms with E-state index < -0.39 is 5.60 Å². The Morgan fingerprint density at radius 1 is 1.56 bits per heavy atom. The van der Waals surface area contributed by atoms with Gasteiger partial charge in [-0.15, -0.1) is 0 Å². The van der Waals surface area contributed by atoms with Crippen LogP contribution in [0.1, 0.15) is 33.0 Å². The molecule has 0 aromatic carbocycles. The highest BCUT2D eigenvalue weighted by atomic mass is 32.2. The van der Waals surface area contributed by atoms with Crippen molar-refractivity contribution in [1.82, 2.24) is 9.55 Å². The molecule has 0 radical (unpaired) electrons. The van der Waals surface area contributed by atoms with Crippen LogP contribution in [0, 0.1) is 5.41 Å². The van der Waals surface area contributed by atoms with Gasteiger partial charge in [0.1, 0.15) is 11.4 Å². The van der Waals surface area contributed by atoms with Crippen LogP contribution in [-0.4, -0.2) is 26.2 Å². The molecule has 1 aromatic rings. The molecule has 2 rings (SSSR count). The fourth-order valence-electron chi connectivity index (χ4n) is 2.25. The summed E-state index contributed by atoms with van der Waals surface area (Å²) in [4.78, 5) is 4.38. The second-order valence-corrected chi connectivity index (χ2v) is 6.19. The highest BCUT2D eigenvalue weighted by Gasteiger charge is 2.49. The number of hydrogen-bond acceptors (Lipinski definition) is 3. The lowest BCUT2D eigenvalue weighted by atomic mass is 9.73. The molecule has 1 fully saturated rings. The maximum absolute atomic E-state index is 11.0. The van der Waals surface area contributed by atoms with E-state index in [0.717, 1.165) is 30.3 Å². The van der Waals surface area contributed by atoms with Crippen LogP contribution in [0.15, 0.2) is 12.4 Å². The van der Waals surface area contributed by atoms with Crippen molar-refractivity contribution in [2.24, 2.45) is 5.41 Å². The monoisotopic (exact) mass is 240 g/mol. The third-order valence-corrected chi connectivity index (χ3v) is 4.84. The number of imidazole rings is 1. The van der Waals surface area contributed by atoms with Gasteiger partial charge in [-0.05, 0) is 19.1 Å². The molecule has 3 nitrogen and oxygen atoms in total. The average Bonchev–Trinajstić information content (AvgIpc) is 2.70. The zero-order valence-corrected chi connectivity index (χ0v) is 11.0. The minimum atomic E-state index is -0.796. The number of nitrogens with zero attached hydrogens (tertiary/aromatic N) is 2. The van der Waals surface area contributed by atoms with Crippen LogP contribution in [0.5, 0.6) is 0 Å². The number of thioether (sulfide) groups is 1. The van der Waals surface area contributed by atoms with Gasteiger partial charge >= 0.3 is 0 Å². The number of rotatable bonds is 2. The standard InChI is InChI=1S/C12H20N2OS/c1-4-14-7-6-13-10(14)12(15)9-16-8-5-11(12,2)3/h6-7,15H,4-5,8-9H2,1-3H3. The van der Waals surface area contributed by atoms with Crippen molar-refractivity contribution in [2.75, 3.05) is 11.5 Å². The Labute approximate surface area is 101 Å². The average molecular weight is 240 g/mol. The SMILES string of the molecule is CCn1ccnc1C1(O)CSCCC1(C)C. The van der Waals surface area contributed by atoms with Crippen LogP contribution in [0.25, 0.3) is 0 Å². The third-order valence-electron chi connectivity index (χ3n) is 3.73. The lowest BCUT2D eigenvalue weighted by Crippen LogP contribution is -2.49. The molecule has 0 spiro atoms. The lowest BCUT2D eigenvalue weighted by Gasteiger charge is -2.45. The smallest absolute Gasteiger partial charge is 0.142 e. The minimum Gasteiger partial charge on any atom is -0.380 e. The predicted octanol–water partition coefficient (Wildman–Crippen LogP) is 2.25. The predicted molar refractivity (Wildman–Crippen MR) is 67.5 cm³/mol. The first-order valence-corrected chi connectivity index (χ1v) is 6.98. The summed E-state index contributed by atoms with van der Waals surface area (Å²) >= 11 is 1.82. The van der Waals surface area contributed by atoms with E-state index in [-0.39, 0.29) is 5.41 Å². The van der Waals surface area contributed by atoms with E-state index in [2.05, 4.69) is 25.8 Å². The first-order chi connectivity index (χ1) is 7.51. The molecule has 1 unspecified atom stereocenters. The lowest BCUT2D eigenvalue weighted by molar-refractivity contribution is -0.0673. The molecule has 1 aromatic heterocycles. The largest absolute Gasteiger partial charge is 0.380 e. The van der Waals surface area contributed by atoms with Crippen molar-refractivity contribution < 1.29 is 5.11 Å². The fraction of sp³-hybridized carbons (Fsp3) is 0.750. The van der Waals surface area contributed by atoms with Crippen LogP contribution >= 0.6 is 11.8 Å². The Kier molecular flexibility index (Phi) is 3.05. The highest BCUT2D eigenvalue weighted by molar-refractivity contribution is 7.99. The maximum Gasteiger partial charge on any atom is 0.142 e. The number of aryl methyl sites for hydroxylation is 1. The summed E-state index contributed by atoms with van der Waals surface area (Å²) in [5.41, 5.74) is -0.897. The van der Waals surface area contributed by atoms with Crippen LogP contribution in [0.3, 0.4) is 0 Å². The summed E-state index contributed by atoms with van der Waals surface area (Å²) in [6, 6.07) is 0. The van der Waals surface area contributed by atoms with Gasteiger partial charge in [0.2, 0.25) is 0 Å². The van der Waals surface area contributed by atoms with E-state index in [1.165, 1.54) is 0 Å². The summed E-state index contributed by atoms with van der Waals surface area (Å²) in [5, 5.41) is 11.0. The molecule has 90 valence electrons. The van der Waals surface area contributed by atoms with Gasteiger partial charge in [-0.1, -0.05) is 13.8 Å². The molecule has 0 saturated carbocycles. The third kappa shape index (κ3) is 1.68. The summed E-state index contributed by atoms with van der Waals surface area (Å²) in [7, 11) is 0. The second kappa shape index (κ2) is 4.08. The van der Waals surface area contributed by atoms with Gasteiger partial charge in [-0.3, -0.25) is 0 Å². The summed E-state index contributed by atoms with van der Waals surface area (Å²) < 4.78 is 2.05. The van der Waals surface area contributed by atoms with Crippen molar-refractivity contribution in [2.45, 2.75) is 39.3 Å². The Hall–Kier alpha value is -0.480. The Balaban J connectivity index is 2.43. The topological polar surface area (TPSA) is 38.0 Å². The van der Waals surface area contributed by atoms with E-state index in [0.29, 0.717) is 0 Å². The number of aliphatic hydroxyl groups is 1. The van der Waals surface area contributed by atoms with Gasteiger partial charge in [0.25, 0.3) is 0 Å². The van der Waals surface area contributed by atoms with E-state index in [1.807, 2.05) is 22.5 Å². The Morgan fingerprint density at radius 3 is 2.94 bits per heavy atom. The quantitative estimate of drug-likeness (QED) is 0.861. The van der Waals surface area contributed by atoms with Gasteiger partial charge in [-0.25, -0.2) is 4.98 Å². The van der Waals surface area contributed by atoms with Gasteiger partial charge in [0.05, 0.1) is 0 Å². The van der Waals surface area contributed by atoms with Crippen LogP contribution < -0.4 is 0 Å². The first-order valence-electron chi connectivity index (χ1n) is 5.83. The zero-order chi connectivity index (χ0) is 11.8. The fourth-order valence-corrected chi connectivity index (χ4v) is 3.86. The van der Waals surface area contributed by atoms with Crippen LogP contribution in [0.4, 0.5) is 0 Å². The summed E-state index contributed by atoms with van der Waals surface area (Å²) in [6.45, 7) is 7.22. The van der Waals surface area contributed by atoms with Crippen molar-refractivity contribution in [1.29, 1.82) is 0 Å². The zero-order valence-electron chi connectivity index (χ0n) is 10.2. The molecule has 4 heteroatoms. The highest BCUT2D eigenvalue weighted by Crippen LogP contribution is 2.47. The summed E-state index contributed by atoms with van der Waals surface area (Å²) in [6.07, 6.45) is 4.76. The summed E-state index contributed by atoms with van der Waals surface area (Å²) in [5.74, 6) is 2.70. The molecule has 1 saturated heterocycles. The second-order valence-electron chi connectivity index (χ2n) is 5.08. The number of hydrogen-bond donors (Lipinski definition) is 1. The van der Waals surface area contributed by atoms with E-state index in [1.54, 1.807) is 6.20 Å². The normalized spacial score (nSPS) is 29.2. The molecule has 0 amide bonds. The van der Waals surface area contributed by atoms with Crippen molar-refractivity contribution in [3.63, 3.8) is 0 Å². The van der Waals surface area contributed by atoms with Gasteiger partial charge in [-0.2, -0.15) is 11.8 Å². The molecule has 2 heterocycles. The van der Waals surface area contributed by atoms with Crippen LogP contribution in [-0.2, 0) is 12.1 Å². The first kappa shape index (κ1) is 12.0. The Morgan fingerprint density at radius 2 is 2.31 bits per heavy atom. The van der Waals surface area contributed by atoms with E-state index >= 15 is 0 Å². The van der Waals surface area contributed by atoms with Crippen molar-refractivity contribution in [3.05, 3.63) is 18.2 Å². The van der Waals surface area contributed by atoms with Gasteiger partial charge < -0.3 is 9.67 Å². The van der Waals surface area contributed by atoms with Gasteiger partial charge in [0, 0.05) is 30.1 Å². The van der Waals surface area contributed by atoms with E-state index in [4.69, 9.17) is 0 Å². The molecule has 1 aliphatic heterocycles. The van der Waals surface area contributed by atoms with E-state index in [9.17, 15) is 5.11 Å². The molecule has 0 aliphatic carbocycles. The van der Waals surface area contributed by atoms with Crippen LogP contribution in [0.2, 0.25) is 0 Å². The van der Waals surface area contributed by atoms with Gasteiger partial charge in [0.15, 0.2) is 0 Å². The molecule has 0 bridgehead atoms. The Bertz CT molecular complexity index is 375. The minimum absolute atomic E-state index is 0.101. The molecule has 1 N–H and O–H groups in total.